The number of amides is 2. The Labute approximate surface area is 140 Å². The normalized spacial score (nSPS) is 15.3. The maximum atomic E-state index is 12.6. The number of hydrogen-bond acceptors (Lipinski definition) is 4. The average molecular weight is 327 g/mol. The van der Waals surface area contributed by atoms with E-state index < -0.39 is 0 Å². The molecule has 0 saturated carbocycles. The number of carbonyl (C=O) groups excluding carboxylic acids is 2. The summed E-state index contributed by atoms with van der Waals surface area (Å²) in [7, 11) is 0. The van der Waals surface area contributed by atoms with Gasteiger partial charge >= 0.3 is 0 Å². The molecule has 3 rings (SSSR count). The van der Waals surface area contributed by atoms with Gasteiger partial charge in [0, 0.05) is 30.6 Å². The van der Waals surface area contributed by atoms with Gasteiger partial charge in [0.2, 0.25) is 5.91 Å². The van der Waals surface area contributed by atoms with Crippen molar-refractivity contribution in [2.75, 3.05) is 18.4 Å². The third-order valence-corrected chi connectivity index (χ3v) is 4.41. The van der Waals surface area contributed by atoms with Crippen molar-refractivity contribution >= 4 is 17.6 Å². The maximum absolute atomic E-state index is 12.6. The highest BCUT2D eigenvalue weighted by atomic mass is 16.5. The van der Waals surface area contributed by atoms with Crippen LogP contribution < -0.4 is 5.32 Å². The second-order valence-electron chi connectivity index (χ2n) is 6.19. The zero-order valence-corrected chi connectivity index (χ0v) is 13.9. The molecule has 1 N–H and O–H groups in total. The monoisotopic (exact) mass is 327 g/mol. The van der Waals surface area contributed by atoms with Crippen molar-refractivity contribution in [3.05, 3.63) is 47.2 Å². The van der Waals surface area contributed by atoms with Gasteiger partial charge in [0.05, 0.1) is 0 Å². The Balaban J connectivity index is 1.56. The molecule has 6 heteroatoms. The van der Waals surface area contributed by atoms with E-state index in [0.29, 0.717) is 37.5 Å². The number of nitrogens with one attached hydrogen (secondary N) is 1. The molecule has 1 fully saturated rings. The number of aromatic nitrogens is 1. The Morgan fingerprint density at radius 2 is 1.92 bits per heavy atom. The van der Waals surface area contributed by atoms with Crippen LogP contribution in [0.1, 0.15) is 34.5 Å². The average Bonchev–Trinajstić information content (AvgIpc) is 2.99. The highest BCUT2D eigenvalue weighted by molar-refractivity contribution is 5.96. The summed E-state index contributed by atoms with van der Waals surface area (Å²) >= 11 is 0. The lowest BCUT2D eigenvalue weighted by Crippen LogP contribution is -2.41. The molecule has 2 heterocycles. The number of carbonyl (C=O) groups is 2. The van der Waals surface area contributed by atoms with Crippen molar-refractivity contribution in [1.82, 2.24) is 10.1 Å². The van der Waals surface area contributed by atoms with Gasteiger partial charge in [-0.05, 0) is 38.3 Å². The van der Waals surface area contributed by atoms with Crippen molar-refractivity contribution in [3.63, 3.8) is 0 Å². The predicted octanol–water partition coefficient (Wildman–Crippen LogP) is 2.78. The molecule has 0 spiro atoms. The molecule has 1 saturated heterocycles. The molecule has 0 atom stereocenters. The first-order valence-corrected chi connectivity index (χ1v) is 8.13. The van der Waals surface area contributed by atoms with Crippen molar-refractivity contribution < 1.29 is 14.1 Å². The summed E-state index contributed by atoms with van der Waals surface area (Å²) in [5.41, 5.74) is 1.71. The topological polar surface area (TPSA) is 75.4 Å². The van der Waals surface area contributed by atoms with Gasteiger partial charge in [-0.25, -0.2) is 0 Å². The van der Waals surface area contributed by atoms with Crippen LogP contribution in [-0.2, 0) is 4.79 Å². The molecule has 0 aliphatic carbocycles. The number of aryl methyl sites for hydroxylation is 2. The first-order chi connectivity index (χ1) is 11.5. The highest BCUT2D eigenvalue weighted by Gasteiger charge is 2.28. The molecule has 0 radical (unpaired) electrons. The minimum absolute atomic E-state index is 0.0408. The van der Waals surface area contributed by atoms with Gasteiger partial charge < -0.3 is 14.7 Å². The molecule has 0 unspecified atom stereocenters. The Morgan fingerprint density at radius 1 is 1.21 bits per heavy atom. The highest BCUT2D eigenvalue weighted by Crippen LogP contribution is 2.22. The van der Waals surface area contributed by atoms with Crippen molar-refractivity contribution in [1.29, 1.82) is 0 Å². The van der Waals surface area contributed by atoms with E-state index in [2.05, 4.69) is 10.5 Å². The first kappa shape index (κ1) is 16.2. The van der Waals surface area contributed by atoms with E-state index in [1.807, 2.05) is 36.1 Å². The van der Waals surface area contributed by atoms with Gasteiger partial charge in [-0.3, -0.25) is 9.59 Å². The Morgan fingerprint density at radius 3 is 2.54 bits per heavy atom. The molecule has 0 bridgehead atoms. The third-order valence-electron chi connectivity index (χ3n) is 4.41. The van der Waals surface area contributed by atoms with E-state index in [1.165, 1.54) is 0 Å². The van der Waals surface area contributed by atoms with Gasteiger partial charge in [-0.2, -0.15) is 0 Å². The molecule has 6 nitrogen and oxygen atoms in total. The zero-order chi connectivity index (χ0) is 17.1. The SMILES string of the molecule is Cc1cc(NC(=O)C2CCN(C(=O)c3ccccc3C)CC2)no1. The summed E-state index contributed by atoms with van der Waals surface area (Å²) in [6, 6.07) is 9.28. The third kappa shape index (κ3) is 3.48. The first-order valence-electron chi connectivity index (χ1n) is 8.13. The lowest BCUT2D eigenvalue weighted by Gasteiger charge is -2.31. The van der Waals surface area contributed by atoms with E-state index in [-0.39, 0.29) is 17.7 Å². The van der Waals surface area contributed by atoms with Gasteiger partial charge in [-0.1, -0.05) is 23.4 Å². The summed E-state index contributed by atoms with van der Waals surface area (Å²) in [4.78, 5) is 26.7. The second-order valence-corrected chi connectivity index (χ2v) is 6.19. The smallest absolute Gasteiger partial charge is 0.254 e. The number of piperidine rings is 1. The van der Waals surface area contributed by atoms with Crippen molar-refractivity contribution in [3.8, 4) is 0 Å². The maximum Gasteiger partial charge on any atom is 0.254 e. The molecular formula is C18H21N3O3. The van der Waals surface area contributed by atoms with Gasteiger partial charge in [-0.15, -0.1) is 0 Å². The van der Waals surface area contributed by atoms with Crippen LogP contribution in [0.5, 0.6) is 0 Å². The Hall–Kier alpha value is -2.63. The lowest BCUT2D eigenvalue weighted by molar-refractivity contribution is -0.121. The number of likely N-dealkylation sites (tertiary alicyclic amines) is 1. The van der Waals surface area contributed by atoms with Crippen LogP contribution in [-0.4, -0.2) is 35.0 Å². The van der Waals surface area contributed by atoms with E-state index in [9.17, 15) is 9.59 Å². The summed E-state index contributed by atoms with van der Waals surface area (Å²) in [5.74, 6) is 0.966. The Bertz CT molecular complexity index is 745. The van der Waals surface area contributed by atoms with Crippen LogP contribution in [0.2, 0.25) is 0 Å². The molecular weight excluding hydrogens is 306 g/mol. The lowest BCUT2D eigenvalue weighted by atomic mass is 9.95. The Kier molecular flexibility index (Phi) is 4.64. The number of nitrogens with zero attached hydrogens (tertiary/aromatic N) is 2. The molecule has 2 amide bonds. The van der Waals surface area contributed by atoms with Crippen molar-refractivity contribution in [2.45, 2.75) is 26.7 Å². The molecule has 126 valence electrons. The van der Waals surface area contributed by atoms with Crippen LogP contribution >= 0.6 is 0 Å². The van der Waals surface area contributed by atoms with Crippen LogP contribution in [0.15, 0.2) is 34.9 Å². The fourth-order valence-electron chi connectivity index (χ4n) is 2.98. The van der Waals surface area contributed by atoms with Crippen LogP contribution in [0.3, 0.4) is 0 Å². The molecule has 24 heavy (non-hydrogen) atoms. The minimum Gasteiger partial charge on any atom is -0.360 e. The van der Waals surface area contributed by atoms with E-state index in [1.54, 1.807) is 13.0 Å². The van der Waals surface area contributed by atoms with E-state index >= 15 is 0 Å². The number of hydrogen-bond donors (Lipinski definition) is 1. The molecule has 1 aromatic heterocycles. The molecule has 1 aliphatic heterocycles. The van der Waals surface area contributed by atoms with E-state index in [0.717, 1.165) is 11.1 Å². The van der Waals surface area contributed by atoms with Crippen molar-refractivity contribution in [2.24, 2.45) is 5.92 Å². The van der Waals surface area contributed by atoms with Crippen LogP contribution in [0, 0.1) is 19.8 Å². The summed E-state index contributed by atoms with van der Waals surface area (Å²) in [6.45, 7) is 4.89. The van der Waals surface area contributed by atoms with Gasteiger partial charge in [0.15, 0.2) is 5.82 Å². The summed E-state index contributed by atoms with van der Waals surface area (Å²) in [6.07, 6.45) is 1.31. The standard InChI is InChI=1S/C18H21N3O3/c1-12-5-3-4-6-15(12)18(23)21-9-7-14(8-10-21)17(22)19-16-11-13(2)24-20-16/h3-6,11,14H,7-10H2,1-2H3,(H,19,20,22). The quantitative estimate of drug-likeness (QED) is 0.940. The largest absolute Gasteiger partial charge is 0.360 e. The summed E-state index contributed by atoms with van der Waals surface area (Å²) < 4.78 is 4.94. The number of benzene rings is 1. The summed E-state index contributed by atoms with van der Waals surface area (Å²) in [5, 5.41) is 6.54. The van der Waals surface area contributed by atoms with E-state index in [4.69, 9.17) is 4.52 Å². The fraction of sp³-hybridized carbons (Fsp3) is 0.389. The second kappa shape index (κ2) is 6.86. The molecule has 1 aliphatic rings. The van der Waals surface area contributed by atoms with Gasteiger partial charge in [0.25, 0.3) is 5.91 Å². The number of anilines is 1. The predicted molar refractivity (Wildman–Crippen MR) is 89.7 cm³/mol. The minimum atomic E-state index is -0.108. The number of rotatable bonds is 3. The zero-order valence-electron chi connectivity index (χ0n) is 13.9. The molecule has 1 aromatic carbocycles. The fourth-order valence-corrected chi connectivity index (χ4v) is 2.98. The molecule has 2 aromatic rings. The van der Waals surface area contributed by atoms with Gasteiger partial charge in [0.1, 0.15) is 5.76 Å². The van der Waals surface area contributed by atoms with Crippen LogP contribution in [0.4, 0.5) is 5.82 Å². The van der Waals surface area contributed by atoms with Crippen LogP contribution in [0.25, 0.3) is 0 Å².